The first-order valence-corrected chi connectivity index (χ1v) is 10.9. The van der Waals surface area contributed by atoms with E-state index in [1.54, 1.807) is 0 Å². The normalized spacial score (nSPS) is 18.5. The number of hydrogen-bond acceptors (Lipinski definition) is 3. The van der Waals surface area contributed by atoms with E-state index in [0.29, 0.717) is 25.0 Å². The first-order chi connectivity index (χ1) is 16.6. The average Bonchev–Trinajstić information content (AvgIpc) is 2.78. The minimum absolute atomic E-state index is 0.0418. The van der Waals surface area contributed by atoms with Gasteiger partial charge in [0.05, 0.1) is 12.7 Å². The Morgan fingerprint density at radius 3 is 2.34 bits per heavy atom. The van der Waals surface area contributed by atoms with E-state index >= 15 is 0 Å². The van der Waals surface area contributed by atoms with Gasteiger partial charge in [0.2, 0.25) is 0 Å². The minimum atomic E-state index is -4.50. The van der Waals surface area contributed by atoms with Crippen molar-refractivity contribution in [2.75, 3.05) is 6.61 Å². The summed E-state index contributed by atoms with van der Waals surface area (Å²) in [5, 5.41) is 0. The van der Waals surface area contributed by atoms with Crippen molar-refractivity contribution in [2.45, 2.75) is 44.8 Å². The summed E-state index contributed by atoms with van der Waals surface area (Å²) in [5.41, 5.74) is -1.56. The Kier molecular flexibility index (Phi) is 8.82. The Labute approximate surface area is 197 Å². The van der Waals surface area contributed by atoms with Crippen molar-refractivity contribution in [3.8, 4) is 11.5 Å². The second kappa shape index (κ2) is 11.6. The third-order valence-electron chi connectivity index (χ3n) is 5.50. The van der Waals surface area contributed by atoms with Crippen molar-refractivity contribution < 1.29 is 44.9 Å². The van der Waals surface area contributed by atoms with Gasteiger partial charge in [0.15, 0.2) is 17.8 Å². The molecular weight excluding hydrogens is 481 g/mol. The molecule has 35 heavy (non-hydrogen) atoms. The van der Waals surface area contributed by atoms with Gasteiger partial charge in [-0.15, -0.1) is 0 Å². The van der Waals surface area contributed by atoms with Crippen LogP contribution in [0.15, 0.2) is 54.8 Å². The first-order valence-electron chi connectivity index (χ1n) is 10.9. The Balaban J connectivity index is 1.72. The van der Waals surface area contributed by atoms with Gasteiger partial charge in [0.1, 0.15) is 22.9 Å². The van der Waals surface area contributed by atoms with E-state index in [4.69, 9.17) is 4.74 Å². The van der Waals surface area contributed by atoms with Crippen LogP contribution in [0.1, 0.15) is 49.8 Å². The lowest BCUT2D eigenvalue weighted by molar-refractivity contribution is -0.189. The zero-order chi connectivity index (χ0) is 25.6. The molecule has 3 nitrogen and oxygen atoms in total. The Hall–Kier alpha value is -3.01. The molecule has 1 aliphatic heterocycles. The van der Waals surface area contributed by atoms with Crippen LogP contribution in [0.5, 0.6) is 11.5 Å². The van der Waals surface area contributed by atoms with Crippen LogP contribution in [0.2, 0.25) is 0 Å². The third-order valence-corrected chi connectivity index (χ3v) is 5.50. The van der Waals surface area contributed by atoms with Crippen molar-refractivity contribution in [2.24, 2.45) is 5.92 Å². The van der Waals surface area contributed by atoms with E-state index in [2.05, 4.69) is 9.47 Å². The summed E-state index contributed by atoms with van der Waals surface area (Å²) >= 11 is 0. The van der Waals surface area contributed by atoms with E-state index in [-0.39, 0.29) is 11.8 Å². The van der Waals surface area contributed by atoms with Crippen molar-refractivity contribution in [1.29, 1.82) is 0 Å². The fourth-order valence-corrected chi connectivity index (χ4v) is 3.80. The highest BCUT2D eigenvalue weighted by Crippen LogP contribution is 2.39. The monoisotopic (exact) mass is 504 g/mol. The molecule has 1 saturated heterocycles. The lowest BCUT2D eigenvalue weighted by Crippen LogP contribution is -2.26. The van der Waals surface area contributed by atoms with E-state index < -0.39 is 52.8 Å². The van der Waals surface area contributed by atoms with Gasteiger partial charge in [0.25, 0.3) is 0 Å². The standard InChI is InChI=1S/C25H23F7O3/c1-2-3-4-5-15-6-8-21(33-13-15)16-10-19(27)24(20(28)11-16)25(31,32)35-17-7-9-22(18(26)12-17)34-14-23(29)30/h2-3,7,9-12,14-15,21H,4-6,8,13H2,1H3/b3-2+. The van der Waals surface area contributed by atoms with Gasteiger partial charge in [-0.1, -0.05) is 12.2 Å². The summed E-state index contributed by atoms with van der Waals surface area (Å²) < 4.78 is 111. The number of benzene rings is 2. The molecule has 2 aromatic rings. The molecule has 3 rings (SSSR count). The molecule has 0 aromatic heterocycles. The Morgan fingerprint density at radius 2 is 1.77 bits per heavy atom. The zero-order valence-corrected chi connectivity index (χ0v) is 18.7. The van der Waals surface area contributed by atoms with Gasteiger partial charge in [-0.05, 0) is 68.4 Å². The minimum Gasteiger partial charge on any atom is -0.456 e. The highest BCUT2D eigenvalue weighted by Gasteiger charge is 2.42. The molecule has 0 spiro atoms. The molecule has 0 N–H and O–H groups in total. The number of halogens is 7. The molecule has 2 atom stereocenters. The van der Waals surface area contributed by atoms with E-state index in [9.17, 15) is 30.7 Å². The summed E-state index contributed by atoms with van der Waals surface area (Å²) in [6, 6.07) is 3.50. The maximum atomic E-state index is 14.6. The van der Waals surface area contributed by atoms with Crippen molar-refractivity contribution in [3.05, 3.63) is 83.4 Å². The van der Waals surface area contributed by atoms with Crippen LogP contribution in [0.4, 0.5) is 30.7 Å². The van der Waals surface area contributed by atoms with Gasteiger partial charge < -0.3 is 14.2 Å². The van der Waals surface area contributed by atoms with Crippen LogP contribution in [0.3, 0.4) is 0 Å². The summed E-state index contributed by atoms with van der Waals surface area (Å²) in [5.74, 6) is -5.58. The van der Waals surface area contributed by atoms with Gasteiger partial charge in [-0.3, -0.25) is 0 Å². The van der Waals surface area contributed by atoms with Gasteiger partial charge >= 0.3 is 12.2 Å². The lowest BCUT2D eigenvalue weighted by Gasteiger charge is -2.29. The molecule has 2 aromatic carbocycles. The summed E-state index contributed by atoms with van der Waals surface area (Å²) in [4.78, 5) is 0. The molecule has 0 aliphatic carbocycles. The van der Waals surface area contributed by atoms with Crippen LogP contribution in [-0.4, -0.2) is 6.61 Å². The zero-order valence-electron chi connectivity index (χ0n) is 18.7. The molecular formula is C25H23F7O3. The van der Waals surface area contributed by atoms with E-state index in [0.717, 1.165) is 43.5 Å². The van der Waals surface area contributed by atoms with E-state index in [1.165, 1.54) is 0 Å². The second-order valence-electron chi connectivity index (χ2n) is 8.01. The quantitative estimate of drug-likeness (QED) is 0.196. The van der Waals surface area contributed by atoms with Crippen LogP contribution in [0, 0.1) is 23.4 Å². The smallest absolute Gasteiger partial charge is 0.432 e. The molecule has 1 aliphatic rings. The SMILES string of the molecule is C/C=C/CCC1CCC(c2cc(F)c(C(F)(F)Oc3ccc(OC=C(F)F)c(F)c3)c(F)c2)OC1. The van der Waals surface area contributed by atoms with Crippen LogP contribution in [-0.2, 0) is 10.8 Å². The largest absolute Gasteiger partial charge is 0.456 e. The summed E-state index contributed by atoms with van der Waals surface area (Å²) in [7, 11) is 0. The number of hydrogen-bond donors (Lipinski definition) is 0. The molecule has 2 unspecified atom stereocenters. The molecule has 190 valence electrons. The average molecular weight is 504 g/mol. The fourth-order valence-electron chi connectivity index (χ4n) is 3.80. The molecule has 0 radical (unpaired) electrons. The number of alkyl halides is 2. The first kappa shape index (κ1) is 26.6. The van der Waals surface area contributed by atoms with Crippen LogP contribution < -0.4 is 9.47 Å². The lowest BCUT2D eigenvalue weighted by atomic mass is 9.91. The van der Waals surface area contributed by atoms with Crippen LogP contribution in [0.25, 0.3) is 0 Å². The number of ether oxygens (including phenoxy) is 3. The molecule has 10 heteroatoms. The van der Waals surface area contributed by atoms with E-state index in [1.807, 2.05) is 19.1 Å². The highest BCUT2D eigenvalue weighted by molar-refractivity contribution is 5.35. The van der Waals surface area contributed by atoms with Gasteiger partial charge in [-0.25, -0.2) is 13.2 Å². The topological polar surface area (TPSA) is 27.7 Å². The summed E-state index contributed by atoms with van der Waals surface area (Å²) in [6.45, 7) is 2.32. The van der Waals surface area contributed by atoms with Gasteiger partial charge in [-0.2, -0.15) is 17.6 Å². The highest BCUT2D eigenvalue weighted by atomic mass is 19.3. The molecule has 1 heterocycles. The molecule has 1 fully saturated rings. The predicted molar refractivity (Wildman–Crippen MR) is 114 cm³/mol. The maximum Gasteiger partial charge on any atom is 0.432 e. The van der Waals surface area contributed by atoms with Gasteiger partial charge in [0, 0.05) is 6.07 Å². The van der Waals surface area contributed by atoms with Crippen molar-refractivity contribution in [3.63, 3.8) is 0 Å². The number of allylic oxidation sites excluding steroid dienone is 2. The second-order valence-corrected chi connectivity index (χ2v) is 8.01. The van der Waals surface area contributed by atoms with Crippen molar-refractivity contribution in [1.82, 2.24) is 0 Å². The van der Waals surface area contributed by atoms with Crippen molar-refractivity contribution >= 4 is 0 Å². The number of rotatable bonds is 9. The molecule has 0 amide bonds. The predicted octanol–water partition coefficient (Wildman–Crippen LogP) is 8.17. The summed E-state index contributed by atoms with van der Waals surface area (Å²) in [6.07, 6.45) is -0.356. The Bertz CT molecular complexity index is 1050. The Morgan fingerprint density at radius 1 is 1.06 bits per heavy atom. The van der Waals surface area contributed by atoms with Crippen LogP contribution >= 0.6 is 0 Å². The molecule has 0 bridgehead atoms. The maximum absolute atomic E-state index is 14.6. The third kappa shape index (κ3) is 7.00. The fraction of sp³-hybridized carbons (Fsp3) is 0.360. The molecule has 0 saturated carbocycles.